The van der Waals surface area contributed by atoms with Crippen molar-refractivity contribution < 1.29 is 19.1 Å². The number of carboxylic acids is 1. The molecule has 0 aliphatic heterocycles. The number of hydrogen-bond acceptors (Lipinski definition) is 4. The number of carboxylic acid groups (broad SMARTS) is 1. The van der Waals surface area contributed by atoms with Crippen LogP contribution in [0.1, 0.15) is 16.3 Å². The van der Waals surface area contributed by atoms with Gasteiger partial charge in [-0.15, -0.1) is 0 Å². The minimum absolute atomic E-state index is 0.0661. The summed E-state index contributed by atoms with van der Waals surface area (Å²) < 4.78 is 11.2. The molecule has 0 saturated heterocycles. The average Bonchev–Trinajstić information content (AvgIpc) is 2.84. The van der Waals surface area contributed by atoms with Gasteiger partial charge in [0.05, 0.1) is 13.7 Å². The fourth-order valence-corrected chi connectivity index (χ4v) is 2.03. The van der Waals surface area contributed by atoms with Gasteiger partial charge >= 0.3 is 5.97 Å². The van der Waals surface area contributed by atoms with Gasteiger partial charge in [-0.3, -0.25) is 0 Å². The predicted octanol–water partition coefficient (Wildman–Crippen LogP) is 3.36. The lowest BCUT2D eigenvalue weighted by Gasteiger charge is -2.07. The van der Waals surface area contributed by atoms with Gasteiger partial charge in [-0.25, -0.2) is 4.79 Å². The summed E-state index contributed by atoms with van der Waals surface area (Å²) in [5.74, 6) is 0.137. The van der Waals surface area contributed by atoms with Crippen molar-refractivity contribution in [2.24, 2.45) is 0 Å². The third-order valence-electron chi connectivity index (χ3n) is 2.45. The Hall–Kier alpha value is -1.95. The Kier molecular flexibility index (Phi) is 4.11. The minimum atomic E-state index is -1.07. The highest BCUT2D eigenvalue weighted by Crippen LogP contribution is 2.25. The van der Waals surface area contributed by atoms with Gasteiger partial charge in [-0.2, -0.15) is 0 Å². The third-order valence-corrected chi connectivity index (χ3v) is 2.90. The molecule has 1 aromatic carbocycles. The van der Waals surface area contributed by atoms with Crippen LogP contribution in [0.2, 0.25) is 0 Å². The van der Waals surface area contributed by atoms with Crippen LogP contribution in [0.3, 0.4) is 0 Å². The topological polar surface area (TPSA) is 71.7 Å². The molecule has 0 spiro atoms. The first-order chi connectivity index (χ1) is 9.08. The second-order valence-corrected chi connectivity index (χ2v) is 4.72. The molecule has 0 amide bonds. The maximum atomic E-state index is 10.7. The molecule has 0 atom stereocenters. The summed E-state index contributed by atoms with van der Waals surface area (Å²) in [7, 11) is 1.59. The van der Waals surface area contributed by atoms with E-state index in [0.29, 0.717) is 12.3 Å². The van der Waals surface area contributed by atoms with Crippen molar-refractivity contribution in [2.75, 3.05) is 12.4 Å². The first-order valence-corrected chi connectivity index (χ1v) is 6.28. The number of benzene rings is 1. The standard InChI is InChI=1S/C13H12BrNO4/c1-18-11-5-8(14)4-9(6-11)15-7-10-2-3-12(19-10)13(16)17/h2-6,15H,7H2,1H3,(H,16,17). The number of rotatable bonds is 5. The number of aromatic carboxylic acids is 1. The van der Waals surface area contributed by atoms with Gasteiger partial charge in [-0.05, 0) is 24.3 Å². The van der Waals surface area contributed by atoms with Crippen LogP contribution < -0.4 is 10.1 Å². The maximum absolute atomic E-state index is 10.7. The number of methoxy groups -OCH3 is 1. The molecule has 0 aliphatic carbocycles. The van der Waals surface area contributed by atoms with Crippen molar-refractivity contribution in [3.8, 4) is 5.75 Å². The highest BCUT2D eigenvalue weighted by atomic mass is 79.9. The van der Waals surface area contributed by atoms with Crippen molar-refractivity contribution in [1.29, 1.82) is 0 Å². The SMILES string of the molecule is COc1cc(Br)cc(NCc2ccc(C(=O)O)o2)c1. The van der Waals surface area contributed by atoms with Crippen LogP contribution in [0, 0.1) is 0 Å². The molecule has 0 aliphatic rings. The van der Waals surface area contributed by atoms with Gasteiger partial charge < -0.3 is 19.6 Å². The van der Waals surface area contributed by atoms with Crippen LogP contribution in [0.15, 0.2) is 39.2 Å². The summed E-state index contributed by atoms with van der Waals surface area (Å²) in [6.07, 6.45) is 0. The van der Waals surface area contributed by atoms with Crippen molar-refractivity contribution in [3.63, 3.8) is 0 Å². The molecule has 0 radical (unpaired) electrons. The Bertz CT molecular complexity index is 594. The molecule has 2 rings (SSSR count). The van der Waals surface area contributed by atoms with Gasteiger partial charge in [0, 0.05) is 16.2 Å². The molecule has 1 heterocycles. The van der Waals surface area contributed by atoms with E-state index < -0.39 is 5.97 Å². The zero-order chi connectivity index (χ0) is 13.8. The Morgan fingerprint density at radius 2 is 2.21 bits per heavy atom. The number of nitrogens with one attached hydrogen (secondary N) is 1. The van der Waals surface area contributed by atoms with Crippen molar-refractivity contribution in [3.05, 3.63) is 46.3 Å². The fourth-order valence-electron chi connectivity index (χ4n) is 1.56. The summed E-state index contributed by atoms with van der Waals surface area (Å²) in [4.78, 5) is 10.7. The highest BCUT2D eigenvalue weighted by molar-refractivity contribution is 9.10. The van der Waals surface area contributed by atoms with Crippen molar-refractivity contribution >= 4 is 27.6 Å². The number of furan rings is 1. The van der Waals surface area contributed by atoms with E-state index in [1.165, 1.54) is 6.07 Å². The van der Waals surface area contributed by atoms with Crippen LogP contribution in [-0.4, -0.2) is 18.2 Å². The summed E-state index contributed by atoms with van der Waals surface area (Å²) in [6, 6.07) is 8.64. The fraction of sp³-hybridized carbons (Fsp3) is 0.154. The summed E-state index contributed by atoms with van der Waals surface area (Å²) in [6.45, 7) is 0.396. The van der Waals surface area contributed by atoms with Crippen LogP contribution in [-0.2, 0) is 6.54 Å². The quantitative estimate of drug-likeness (QED) is 0.881. The normalized spacial score (nSPS) is 10.2. The minimum Gasteiger partial charge on any atom is -0.497 e. The van der Waals surface area contributed by atoms with Crippen LogP contribution in [0.5, 0.6) is 5.75 Å². The highest BCUT2D eigenvalue weighted by Gasteiger charge is 2.08. The first-order valence-electron chi connectivity index (χ1n) is 5.49. The molecule has 1 aromatic heterocycles. The van der Waals surface area contributed by atoms with E-state index in [4.69, 9.17) is 14.3 Å². The zero-order valence-electron chi connectivity index (χ0n) is 10.1. The molecule has 2 N–H and O–H groups in total. The molecule has 6 heteroatoms. The van der Waals surface area contributed by atoms with E-state index in [0.717, 1.165) is 15.9 Å². The van der Waals surface area contributed by atoms with Crippen molar-refractivity contribution in [2.45, 2.75) is 6.54 Å². The van der Waals surface area contributed by atoms with Crippen molar-refractivity contribution in [1.82, 2.24) is 0 Å². The Labute approximate surface area is 118 Å². The van der Waals surface area contributed by atoms with Crippen LogP contribution in [0.25, 0.3) is 0 Å². The molecule has 0 unspecified atom stereocenters. The van der Waals surface area contributed by atoms with E-state index in [-0.39, 0.29) is 5.76 Å². The number of ether oxygens (including phenoxy) is 1. The molecule has 0 fully saturated rings. The summed E-state index contributed by atoms with van der Waals surface area (Å²) >= 11 is 3.38. The Morgan fingerprint density at radius 1 is 1.42 bits per heavy atom. The van der Waals surface area contributed by atoms with Gasteiger partial charge in [0.25, 0.3) is 0 Å². The van der Waals surface area contributed by atoms with E-state index in [1.807, 2.05) is 18.2 Å². The first kappa shape index (κ1) is 13.5. The second-order valence-electron chi connectivity index (χ2n) is 3.80. The largest absolute Gasteiger partial charge is 0.497 e. The lowest BCUT2D eigenvalue weighted by molar-refractivity contribution is 0.0660. The zero-order valence-corrected chi connectivity index (χ0v) is 11.7. The lowest BCUT2D eigenvalue weighted by atomic mass is 10.3. The van der Waals surface area contributed by atoms with Gasteiger partial charge in [0.1, 0.15) is 11.5 Å². The van der Waals surface area contributed by atoms with E-state index in [1.54, 1.807) is 13.2 Å². The summed E-state index contributed by atoms with van der Waals surface area (Å²) in [5, 5.41) is 11.9. The summed E-state index contributed by atoms with van der Waals surface area (Å²) in [5.41, 5.74) is 0.847. The average molecular weight is 326 g/mol. The van der Waals surface area contributed by atoms with E-state index in [2.05, 4.69) is 21.2 Å². The molecule has 100 valence electrons. The number of hydrogen-bond donors (Lipinski definition) is 2. The van der Waals surface area contributed by atoms with Gasteiger partial charge in [0.2, 0.25) is 5.76 Å². The Balaban J connectivity index is 2.05. The van der Waals surface area contributed by atoms with E-state index >= 15 is 0 Å². The lowest BCUT2D eigenvalue weighted by Crippen LogP contribution is -1.99. The van der Waals surface area contributed by atoms with Gasteiger partial charge in [-0.1, -0.05) is 15.9 Å². The molecule has 0 bridgehead atoms. The Morgan fingerprint density at radius 3 is 2.84 bits per heavy atom. The van der Waals surface area contributed by atoms with E-state index in [9.17, 15) is 4.79 Å². The number of anilines is 1. The second kappa shape index (κ2) is 5.79. The molecular weight excluding hydrogens is 314 g/mol. The molecular formula is C13H12BrNO4. The van der Waals surface area contributed by atoms with Crippen LogP contribution in [0.4, 0.5) is 5.69 Å². The number of carbonyl (C=O) groups is 1. The molecule has 5 nitrogen and oxygen atoms in total. The maximum Gasteiger partial charge on any atom is 0.371 e. The number of halogens is 1. The molecule has 0 saturated carbocycles. The third kappa shape index (κ3) is 3.51. The smallest absolute Gasteiger partial charge is 0.371 e. The van der Waals surface area contributed by atoms with Crippen LogP contribution >= 0.6 is 15.9 Å². The van der Waals surface area contributed by atoms with Gasteiger partial charge in [0.15, 0.2) is 0 Å². The molecule has 19 heavy (non-hydrogen) atoms. The monoisotopic (exact) mass is 325 g/mol. The molecule has 2 aromatic rings. The predicted molar refractivity (Wildman–Crippen MR) is 73.7 cm³/mol.